The third-order valence-electron chi connectivity index (χ3n) is 2.77. The summed E-state index contributed by atoms with van der Waals surface area (Å²) in [4.78, 5) is 9.10. The van der Waals surface area contributed by atoms with Crippen molar-refractivity contribution in [2.75, 3.05) is 5.73 Å². The summed E-state index contributed by atoms with van der Waals surface area (Å²) in [6, 6.07) is 6.85. The fraction of sp³-hybridized carbons (Fsp3) is 0.0769. The van der Waals surface area contributed by atoms with Crippen molar-refractivity contribution in [2.24, 2.45) is 0 Å². The lowest BCUT2D eigenvalue weighted by atomic mass is 10.2. The average molecular weight is 295 g/mol. The van der Waals surface area contributed by atoms with Gasteiger partial charge in [-0.25, -0.2) is 9.97 Å². The molecule has 0 radical (unpaired) electrons. The second kappa shape index (κ2) is 4.45. The number of nitrogens with zero attached hydrogens (tertiary/aromatic N) is 2. The highest BCUT2D eigenvalue weighted by molar-refractivity contribution is 7.13. The number of nitrogens with two attached hydrogens (primary N) is 1. The van der Waals surface area contributed by atoms with Gasteiger partial charge < -0.3 is 5.73 Å². The normalized spacial score (nSPS) is 11.9. The smallest absolute Gasteiger partial charge is 0.382 e. The summed E-state index contributed by atoms with van der Waals surface area (Å²) in [5.41, 5.74) is 5.99. The van der Waals surface area contributed by atoms with E-state index in [2.05, 4.69) is 9.97 Å². The standard InChI is InChI=1S/C13H8F3N3S/c14-13(15,16)7-3-4-8-9(6-7)18-11(12(17)19-8)10-2-1-5-20-10/h1-6H,(H2,17,19). The molecule has 0 unspecified atom stereocenters. The van der Waals surface area contributed by atoms with E-state index in [9.17, 15) is 13.2 Å². The van der Waals surface area contributed by atoms with Crippen LogP contribution in [0.3, 0.4) is 0 Å². The Kier molecular flexibility index (Phi) is 2.86. The first kappa shape index (κ1) is 12.9. The molecule has 0 spiro atoms. The van der Waals surface area contributed by atoms with E-state index in [1.807, 2.05) is 11.4 Å². The second-order valence-electron chi connectivity index (χ2n) is 4.14. The van der Waals surface area contributed by atoms with Gasteiger partial charge in [-0.05, 0) is 29.6 Å². The summed E-state index contributed by atoms with van der Waals surface area (Å²) in [5.74, 6) is 0.208. The highest BCUT2D eigenvalue weighted by atomic mass is 32.1. The van der Waals surface area contributed by atoms with Gasteiger partial charge in [-0.3, -0.25) is 0 Å². The van der Waals surface area contributed by atoms with Crippen LogP contribution < -0.4 is 5.73 Å². The third-order valence-corrected chi connectivity index (χ3v) is 3.65. The van der Waals surface area contributed by atoms with Crippen LogP contribution in [0, 0.1) is 0 Å². The average Bonchev–Trinajstić information content (AvgIpc) is 2.90. The van der Waals surface area contributed by atoms with Crippen LogP contribution in [0.2, 0.25) is 0 Å². The van der Waals surface area contributed by atoms with Gasteiger partial charge in [-0.1, -0.05) is 6.07 Å². The van der Waals surface area contributed by atoms with E-state index in [1.165, 1.54) is 17.4 Å². The number of halogens is 3. The Balaban J connectivity index is 2.22. The zero-order chi connectivity index (χ0) is 14.3. The molecule has 0 aliphatic rings. The minimum Gasteiger partial charge on any atom is -0.382 e. The topological polar surface area (TPSA) is 51.8 Å². The summed E-state index contributed by atoms with van der Waals surface area (Å²) in [7, 11) is 0. The molecule has 0 atom stereocenters. The predicted molar refractivity (Wildman–Crippen MR) is 72.3 cm³/mol. The number of hydrogen-bond acceptors (Lipinski definition) is 4. The minimum atomic E-state index is -4.40. The molecule has 7 heteroatoms. The van der Waals surface area contributed by atoms with Crippen molar-refractivity contribution in [3.63, 3.8) is 0 Å². The molecule has 0 bridgehead atoms. The van der Waals surface area contributed by atoms with Crippen molar-refractivity contribution >= 4 is 28.2 Å². The number of thiophene rings is 1. The quantitative estimate of drug-likeness (QED) is 0.739. The Bertz CT molecular complexity index is 766. The lowest BCUT2D eigenvalue weighted by Gasteiger charge is -2.08. The number of fused-ring (bicyclic) bond motifs is 1. The van der Waals surface area contributed by atoms with Crippen molar-refractivity contribution in [3.05, 3.63) is 41.3 Å². The molecule has 1 aromatic carbocycles. The van der Waals surface area contributed by atoms with Crippen molar-refractivity contribution < 1.29 is 13.2 Å². The van der Waals surface area contributed by atoms with Crippen molar-refractivity contribution in [2.45, 2.75) is 6.18 Å². The second-order valence-corrected chi connectivity index (χ2v) is 5.08. The maximum atomic E-state index is 12.7. The summed E-state index contributed by atoms with van der Waals surface area (Å²) in [6.07, 6.45) is -4.40. The number of nitrogen functional groups attached to an aromatic ring is 1. The minimum absolute atomic E-state index is 0.178. The van der Waals surface area contributed by atoms with E-state index in [0.29, 0.717) is 11.2 Å². The summed E-state index contributed by atoms with van der Waals surface area (Å²) in [6.45, 7) is 0. The summed E-state index contributed by atoms with van der Waals surface area (Å²) < 4.78 is 38.1. The van der Waals surface area contributed by atoms with Gasteiger partial charge in [0.2, 0.25) is 0 Å². The maximum absolute atomic E-state index is 12.7. The molecule has 3 rings (SSSR count). The molecule has 3 aromatic rings. The first-order chi connectivity index (χ1) is 9.45. The number of alkyl halides is 3. The molecule has 102 valence electrons. The molecule has 0 saturated carbocycles. The van der Waals surface area contributed by atoms with Crippen LogP contribution in [-0.4, -0.2) is 9.97 Å². The van der Waals surface area contributed by atoms with Crippen LogP contribution >= 0.6 is 11.3 Å². The van der Waals surface area contributed by atoms with Crippen LogP contribution in [0.25, 0.3) is 21.6 Å². The Morgan fingerprint density at radius 2 is 1.85 bits per heavy atom. The highest BCUT2D eigenvalue weighted by Crippen LogP contribution is 2.33. The van der Waals surface area contributed by atoms with Gasteiger partial charge in [-0.15, -0.1) is 11.3 Å². The lowest BCUT2D eigenvalue weighted by Crippen LogP contribution is -2.05. The van der Waals surface area contributed by atoms with Crippen molar-refractivity contribution in [3.8, 4) is 10.6 Å². The third kappa shape index (κ3) is 2.20. The van der Waals surface area contributed by atoms with Gasteiger partial charge in [0, 0.05) is 0 Å². The van der Waals surface area contributed by atoms with Crippen LogP contribution in [-0.2, 0) is 6.18 Å². The Labute approximate surface area is 115 Å². The van der Waals surface area contributed by atoms with Gasteiger partial charge in [0.15, 0.2) is 5.82 Å². The van der Waals surface area contributed by atoms with Crippen LogP contribution in [0.15, 0.2) is 35.7 Å². The molecule has 0 amide bonds. The van der Waals surface area contributed by atoms with Gasteiger partial charge in [-0.2, -0.15) is 13.2 Å². The molecule has 3 nitrogen and oxygen atoms in total. The SMILES string of the molecule is Nc1nc2ccc(C(F)(F)F)cc2nc1-c1cccs1. The summed E-state index contributed by atoms with van der Waals surface area (Å²) in [5, 5.41) is 1.84. The molecule has 0 aliphatic carbocycles. The van der Waals surface area contributed by atoms with E-state index in [0.717, 1.165) is 17.0 Å². The largest absolute Gasteiger partial charge is 0.416 e. The molecular weight excluding hydrogens is 287 g/mol. The van der Waals surface area contributed by atoms with Crippen molar-refractivity contribution in [1.29, 1.82) is 0 Å². The summed E-state index contributed by atoms with van der Waals surface area (Å²) >= 11 is 1.40. The molecule has 20 heavy (non-hydrogen) atoms. The van der Waals surface area contributed by atoms with E-state index in [1.54, 1.807) is 6.07 Å². The lowest BCUT2D eigenvalue weighted by molar-refractivity contribution is -0.137. The van der Waals surface area contributed by atoms with E-state index in [-0.39, 0.29) is 11.3 Å². The van der Waals surface area contributed by atoms with E-state index in [4.69, 9.17) is 5.73 Å². The van der Waals surface area contributed by atoms with Crippen LogP contribution in [0.4, 0.5) is 19.0 Å². The fourth-order valence-electron chi connectivity index (χ4n) is 1.84. The first-order valence-corrected chi connectivity index (χ1v) is 6.51. The zero-order valence-corrected chi connectivity index (χ0v) is 10.8. The maximum Gasteiger partial charge on any atom is 0.416 e. The van der Waals surface area contributed by atoms with Crippen LogP contribution in [0.1, 0.15) is 5.56 Å². The first-order valence-electron chi connectivity index (χ1n) is 5.63. The van der Waals surface area contributed by atoms with Gasteiger partial charge in [0.1, 0.15) is 5.69 Å². The number of benzene rings is 1. The van der Waals surface area contributed by atoms with Crippen LogP contribution in [0.5, 0.6) is 0 Å². The highest BCUT2D eigenvalue weighted by Gasteiger charge is 2.30. The number of hydrogen-bond donors (Lipinski definition) is 1. The zero-order valence-electron chi connectivity index (χ0n) is 9.98. The number of anilines is 1. The van der Waals surface area contributed by atoms with Gasteiger partial charge in [0.05, 0.1) is 21.5 Å². The molecule has 2 N–H and O–H groups in total. The number of rotatable bonds is 1. The molecule has 2 heterocycles. The Morgan fingerprint density at radius 1 is 1.05 bits per heavy atom. The van der Waals surface area contributed by atoms with E-state index < -0.39 is 11.7 Å². The molecule has 0 aliphatic heterocycles. The van der Waals surface area contributed by atoms with E-state index >= 15 is 0 Å². The van der Waals surface area contributed by atoms with Gasteiger partial charge >= 0.3 is 6.18 Å². The molecule has 0 fully saturated rings. The monoisotopic (exact) mass is 295 g/mol. The molecule has 0 saturated heterocycles. The Morgan fingerprint density at radius 3 is 2.50 bits per heavy atom. The van der Waals surface area contributed by atoms with Crippen molar-refractivity contribution in [1.82, 2.24) is 9.97 Å². The fourth-order valence-corrected chi connectivity index (χ4v) is 2.56. The van der Waals surface area contributed by atoms with Gasteiger partial charge in [0.25, 0.3) is 0 Å². The predicted octanol–water partition coefficient (Wildman–Crippen LogP) is 3.96. The molecule has 2 aromatic heterocycles. The Hall–Kier alpha value is -2.15. The molecular formula is C13H8F3N3S. The number of aromatic nitrogens is 2.